The summed E-state index contributed by atoms with van der Waals surface area (Å²) in [6.07, 6.45) is 3.71. The predicted octanol–water partition coefficient (Wildman–Crippen LogP) is 2.51. The average Bonchev–Trinajstić information content (AvgIpc) is 3.06. The van der Waals surface area contributed by atoms with Crippen molar-refractivity contribution in [2.24, 2.45) is 11.8 Å². The summed E-state index contributed by atoms with van der Waals surface area (Å²) in [5.41, 5.74) is 0.891. The predicted molar refractivity (Wildman–Crippen MR) is 79.4 cm³/mol. The molecule has 2 aliphatic rings. The molecule has 1 amide bonds. The second-order valence-electron chi connectivity index (χ2n) is 5.90. The van der Waals surface area contributed by atoms with Crippen LogP contribution in [0.25, 0.3) is 0 Å². The van der Waals surface area contributed by atoms with Crippen LogP contribution in [0.2, 0.25) is 0 Å². The number of hydrogen-bond donors (Lipinski definition) is 1. The van der Waals surface area contributed by atoms with E-state index in [1.165, 1.54) is 25.3 Å². The standard InChI is InChI=1S/C15H19N3O3/c1-16-13-7-10(5-6-14(13)18(20)21)15(19)17-8-11-3-2-4-12(11)9-17/h5-7,11-12,16H,2-4,8-9H2,1H3. The van der Waals surface area contributed by atoms with Gasteiger partial charge >= 0.3 is 0 Å². The lowest BCUT2D eigenvalue weighted by atomic mass is 10.0. The average molecular weight is 289 g/mol. The van der Waals surface area contributed by atoms with E-state index in [4.69, 9.17) is 0 Å². The van der Waals surface area contributed by atoms with E-state index in [2.05, 4.69) is 5.32 Å². The molecule has 1 saturated heterocycles. The first-order chi connectivity index (χ1) is 10.1. The molecular weight excluding hydrogens is 270 g/mol. The van der Waals surface area contributed by atoms with Crippen LogP contribution < -0.4 is 5.32 Å². The Morgan fingerprint density at radius 2 is 2.00 bits per heavy atom. The number of nitro groups is 1. The molecule has 0 spiro atoms. The highest BCUT2D eigenvalue weighted by Crippen LogP contribution is 2.38. The molecule has 6 nitrogen and oxygen atoms in total. The number of benzene rings is 1. The fraction of sp³-hybridized carbons (Fsp3) is 0.533. The van der Waals surface area contributed by atoms with Crippen LogP contribution in [0.4, 0.5) is 11.4 Å². The molecular formula is C15H19N3O3. The Morgan fingerprint density at radius 3 is 2.57 bits per heavy atom. The van der Waals surface area contributed by atoms with Crippen LogP contribution in [0.15, 0.2) is 18.2 Å². The van der Waals surface area contributed by atoms with Crippen molar-refractivity contribution in [2.45, 2.75) is 19.3 Å². The molecule has 0 radical (unpaired) electrons. The fourth-order valence-corrected chi connectivity index (χ4v) is 3.61. The third-order valence-corrected chi connectivity index (χ3v) is 4.72. The monoisotopic (exact) mass is 289 g/mol. The van der Waals surface area contributed by atoms with Crippen molar-refractivity contribution in [1.82, 2.24) is 4.90 Å². The van der Waals surface area contributed by atoms with Gasteiger partial charge in [-0.1, -0.05) is 6.42 Å². The van der Waals surface area contributed by atoms with Gasteiger partial charge in [0.2, 0.25) is 0 Å². The molecule has 112 valence electrons. The fourth-order valence-electron chi connectivity index (χ4n) is 3.61. The number of rotatable bonds is 3. The van der Waals surface area contributed by atoms with E-state index in [0.717, 1.165) is 13.1 Å². The van der Waals surface area contributed by atoms with Crippen molar-refractivity contribution in [3.8, 4) is 0 Å². The zero-order chi connectivity index (χ0) is 15.0. The third kappa shape index (κ3) is 2.46. The summed E-state index contributed by atoms with van der Waals surface area (Å²) in [4.78, 5) is 24.9. The maximum atomic E-state index is 12.6. The summed E-state index contributed by atoms with van der Waals surface area (Å²) in [6, 6.07) is 4.53. The molecule has 3 rings (SSSR count). The first-order valence-electron chi connectivity index (χ1n) is 7.35. The highest BCUT2D eigenvalue weighted by molar-refractivity contribution is 5.96. The van der Waals surface area contributed by atoms with Crippen molar-refractivity contribution in [3.05, 3.63) is 33.9 Å². The van der Waals surface area contributed by atoms with Crippen molar-refractivity contribution < 1.29 is 9.72 Å². The Balaban J connectivity index is 1.80. The van der Waals surface area contributed by atoms with E-state index in [1.54, 1.807) is 19.2 Å². The van der Waals surface area contributed by atoms with Crippen molar-refractivity contribution >= 4 is 17.3 Å². The summed E-state index contributed by atoms with van der Waals surface area (Å²) >= 11 is 0. The number of nitrogens with one attached hydrogen (secondary N) is 1. The van der Waals surface area contributed by atoms with Crippen molar-refractivity contribution in [3.63, 3.8) is 0 Å². The largest absolute Gasteiger partial charge is 0.383 e. The number of fused-ring (bicyclic) bond motifs is 1. The topological polar surface area (TPSA) is 75.5 Å². The summed E-state index contributed by atoms with van der Waals surface area (Å²) in [5, 5.41) is 13.7. The maximum absolute atomic E-state index is 12.6. The minimum absolute atomic E-state index is 0.00709. The van der Waals surface area contributed by atoms with Crippen molar-refractivity contribution in [1.29, 1.82) is 0 Å². The molecule has 1 aliphatic carbocycles. The van der Waals surface area contributed by atoms with Gasteiger partial charge in [-0.05, 0) is 36.8 Å². The van der Waals surface area contributed by atoms with Crippen LogP contribution in [-0.2, 0) is 0 Å². The van der Waals surface area contributed by atoms with Gasteiger partial charge in [0.25, 0.3) is 11.6 Å². The number of nitrogens with zero attached hydrogens (tertiary/aromatic N) is 2. The quantitative estimate of drug-likeness (QED) is 0.685. The minimum atomic E-state index is -0.444. The van der Waals surface area contributed by atoms with Gasteiger partial charge in [-0.2, -0.15) is 0 Å². The van der Waals surface area contributed by atoms with Crippen LogP contribution >= 0.6 is 0 Å². The van der Waals surface area contributed by atoms with Gasteiger partial charge in [0.05, 0.1) is 4.92 Å². The Bertz CT molecular complexity index is 576. The van der Waals surface area contributed by atoms with Gasteiger partial charge in [0, 0.05) is 31.8 Å². The Morgan fingerprint density at radius 1 is 1.33 bits per heavy atom. The lowest BCUT2D eigenvalue weighted by Crippen LogP contribution is -2.29. The van der Waals surface area contributed by atoms with Gasteiger partial charge in [-0.25, -0.2) is 0 Å². The lowest BCUT2D eigenvalue weighted by Gasteiger charge is -2.17. The summed E-state index contributed by atoms with van der Waals surface area (Å²) in [5.74, 6) is 1.28. The Kier molecular flexibility index (Phi) is 3.53. The first kappa shape index (κ1) is 13.9. The number of amides is 1. The molecule has 2 fully saturated rings. The van der Waals surface area contributed by atoms with Gasteiger partial charge in [0.15, 0.2) is 0 Å². The molecule has 1 aliphatic heterocycles. The molecule has 2 atom stereocenters. The molecule has 6 heteroatoms. The van der Waals surface area contributed by atoms with Crippen LogP contribution in [0.3, 0.4) is 0 Å². The molecule has 1 N–H and O–H groups in total. The third-order valence-electron chi connectivity index (χ3n) is 4.72. The highest BCUT2D eigenvalue weighted by atomic mass is 16.6. The number of likely N-dealkylation sites (tertiary alicyclic amines) is 1. The number of anilines is 1. The molecule has 21 heavy (non-hydrogen) atoms. The van der Waals surface area contributed by atoms with Gasteiger partial charge in [-0.3, -0.25) is 14.9 Å². The van der Waals surface area contributed by atoms with E-state index >= 15 is 0 Å². The van der Waals surface area contributed by atoms with E-state index in [9.17, 15) is 14.9 Å². The summed E-state index contributed by atoms with van der Waals surface area (Å²) in [6.45, 7) is 1.66. The molecule has 2 unspecified atom stereocenters. The van der Waals surface area contributed by atoms with Gasteiger partial charge < -0.3 is 10.2 Å². The van der Waals surface area contributed by atoms with Crippen LogP contribution in [0.5, 0.6) is 0 Å². The zero-order valence-electron chi connectivity index (χ0n) is 12.0. The normalized spacial score (nSPS) is 24.0. The van der Waals surface area contributed by atoms with Crippen LogP contribution in [0.1, 0.15) is 29.6 Å². The van der Waals surface area contributed by atoms with E-state index in [0.29, 0.717) is 23.1 Å². The number of carbonyl (C=O) groups excluding carboxylic acids is 1. The summed E-state index contributed by atoms with van der Waals surface area (Å²) in [7, 11) is 1.62. The van der Waals surface area contributed by atoms with Gasteiger partial charge in [0.1, 0.15) is 5.69 Å². The number of nitro benzene ring substituents is 1. The SMILES string of the molecule is CNc1cc(C(=O)N2CC3CCCC3C2)ccc1[N+](=O)[O-]. The Hall–Kier alpha value is -2.11. The van der Waals surface area contributed by atoms with E-state index in [1.807, 2.05) is 4.90 Å². The molecule has 1 saturated carbocycles. The highest BCUT2D eigenvalue weighted by Gasteiger charge is 2.38. The Labute approximate surface area is 123 Å². The zero-order valence-corrected chi connectivity index (χ0v) is 12.0. The molecule has 1 heterocycles. The molecule has 0 aromatic heterocycles. The number of hydrogen-bond acceptors (Lipinski definition) is 4. The maximum Gasteiger partial charge on any atom is 0.292 e. The number of carbonyl (C=O) groups is 1. The van der Waals surface area contributed by atoms with E-state index < -0.39 is 4.92 Å². The second kappa shape index (κ2) is 5.35. The smallest absolute Gasteiger partial charge is 0.292 e. The van der Waals surface area contributed by atoms with Crippen LogP contribution in [-0.4, -0.2) is 35.9 Å². The van der Waals surface area contributed by atoms with Crippen LogP contribution in [0, 0.1) is 22.0 Å². The summed E-state index contributed by atoms with van der Waals surface area (Å²) < 4.78 is 0. The van der Waals surface area contributed by atoms with Crippen molar-refractivity contribution in [2.75, 3.05) is 25.5 Å². The second-order valence-corrected chi connectivity index (χ2v) is 5.90. The molecule has 1 aromatic carbocycles. The minimum Gasteiger partial charge on any atom is -0.383 e. The van der Waals surface area contributed by atoms with E-state index in [-0.39, 0.29) is 11.6 Å². The van der Waals surface area contributed by atoms with Gasteiger partial charge in [-0.15, -0.1) is 0 Å². The lowest BCUT2D eigenvalue weighted by molar-refractivity contribution is -0.383. The first-order valence-corrected chi connectivity index (χ1v) is 7.35. The molecule has 1 aromatic rings. The molecule has 0 bridgehead atoms.